The van der Waals surface area contributed by atoms with Crippen LogP contribution in [-0.2, 0) is 13.5 Å². The molecular formula is C15H20ClN3. The van der Waals surface area contributed by atoms with E-state index >= 15 is 0 Å². The van der Waals surface area contributed by atoms with Gasteiger partial charge in [-0.25, -0.2) is 0 Å². The van der Waals surface area contributed by atoms with E-state index in [1.807, 2.05) is 14.0 Å². The molecule has 4 heteroatoms. The van der Waals surface area contributed by atoms with Gasteiger partial charge in [-0.1, -0.05) is 41.4 Å². The molecule has 0 bridgehead atoms. The van der Waals surface area contributed by atoms with Crippen LogP contribution in [0, 0.1) is 13.8 Å². The van der Waals surface area contributed by atoms with Gasteiger partial charge in [0.15, 0.2) is 0 Å². The van der Waals surface area contributed by atoms with Crippen LogP contribution in [0.4, 0.5) is 0 Å². The number of aromatic nitrogens is 2. The number of benzene rings is 1. The third-order valence-electron chi connectivity index (χ3n) is 3.55. The predicted molar refractivity (Wildman–Crippen MR) is 79.6 cm³/mol. The van der Waals surface area contributed by atoms with Crippen molar-refractivity contribution >= 4 is 11.6 Å². The molecule has 0 amide bonds. The molecule has 0 aliphatic carbocycles. The molecule has 0 saturated carbocycles. The Morgan fingerprint density at radius 1 is 1.26 bits per heavy atom. The largest absolute Gasteiger partial charge is 0.330 e. The molecule has 1 unspecified atom stereocenters. The second-order valence-electron chi connectivity index (χ2n) is 5.03. The SMILES string of the molecule is Cc1ccc(C(CN)Cc2c(C)nn(C)c2Cl)cc1. The summed E-state index contributed by atoms with van der Waals surface area (Å²) in [5, 5.41) is 5.06. The van der Waals surface area contributed by atoms with Gasteiger partial charge in [-0.3, -0.25) is 4.68 Å². The first kappa shape index (κ1) is 14.1. The average molecular weight is 278 g/mol. The summed E-state index contributed by atoms with van der Waals surface area (Å²) in [6, 6.07) is 8.53. The van der Waals surface area contributed by atoms with Gasteiger partial charge in [-0.15, -0.1) is 0 Å². The van der Waals surface area contributed by atoms with Gasteiger partial charge in [0.25, 0.3) is 0 Å². The topological polar surface area (TPSA) is 43.8 Å². The Morgan fingerprint density at radius 3 is 2.37 bits per heavy atom. The summed E-state index contributed by atoms with van der Waals surface area (Å²) in [5.74, 6) is 0.279. The van der Waals surface area contributed by atoms with Crippen molar-refractivity contribution in [2.45, 2.75) is 26.2 Å². The Kier molecular flexibility index (Phi) is 4.27. The lowest BCUT2D eigenvalue weighted by molar-refractivity contribution is 0.691. The number of halogens is 1. The Hall–Kier alpha value is -1.32. The van der Waals surface area contributed by atoms with Crippen LogP contribution in [0.3, 0.4) is 0 Å². The summed E-state index contributed by atoms with van der Waals surface area (Å²) in [6.07, 6.45) is 0.831. The Balaban J connectivity index is 2.26. The standard InChI is InChI=1S/C15H20ClN3/c1-10-4-6-12(7-5-10)13(9-17)8-14-11(2)18-19(3)15(14)16/h4-7,13H,8-9,17H2,1-3H3. The molecule has 1 atom stereocenters. The molecule has 0 spiro atoms. The molecule has 0 aliphatic heterocycles. The zero-order valence-corrected chi connectivity index (χ0v) is 12.4. The van der Waals surface area contributed by atoms with E-state index in [9.17, 15) is 0 Å². The van der Waals surface area contributed by atoms with Crippen LogP contribution in [0.5, 0.6) is 0 Å². The summed E-state index contributed by atoms with van der Waals surface area (Å²) in [5.41, 5.74) is 10.5. The quantitative estimate of drug-likeness (QED) is 0.934. The number of rotatable bonds is 4. The molecule has 0 aliphatic rings. The lowest BCUT2D eigenvalue weighted by Crippen LogP contribution is -2.15. The number of hydrogen-bond acceptors (Lipinski definition) is 2. The van der Waals surface area contributed by atoms with Crippen LogP contribution < -0.4 is 5.73 Å². The van der Waals surface area contributed by atoms with Crippen molar-refractivity contribution in [2.75, 3.05) is 6.54 Å². The fraction of sp³-hybridized carbons (Fsp3) is 0.400. The molecule has 2 N–H and O–H groups in total. The molecule has 1 aromatic carbocycles. The first-order valence-corrected chi connectivity index (χ1v) is 6.85. The van der Waals surface area contributed by atoms with Gasteiger partial charge in [0, 0.05) is 18.5 Å². The molecule has 2 rings (SSSR count). The monoisotopic (exact) mass is 277 g/mol. The van der Waals surface area contributed by atoms with Crippen LogP contribution in [-0.4, -0.2) is 16.3 Å². The van der Waals surface area contributed by atoms with Crippen molar-refractivity contribution in [1.82, 2.24) is 9.78 Å². The zero-order valence-electron chi connectivity index (χ0n) is 11.7. The number of nitrogens with zero attached hydrogens (tertiary/aromatic N) is 2. The lowest BCUT2D eigenvalue weighted by atomic mass is 9.92. The van der Waals surface area contributed by atoms with E-state index < -0.39 is 0 Å². The summed E-state index contributed by atoms with van der Waals surface area (Å²) < 4.78 is 1.72. The van der Waals surface area contributed by atoms with Gasteiger partial charge in [0.1, 0.15) is 5.15 Å². The number of hydrogen-bond donors (Lipinski definition) is 1. The highest BCUT2D eigenvalue weighted by atomic mass is 35.5. The van der Waals surface area contributed by atoms with Crippen LogP contribution in [0.1, 0.15) is 28.3 Å². The Bertz CT molecular complexity index is 558. The molecule has 0 fully saturated rings. The first-order chi connectivity index (χ1) is 9.02. The van der Waals surface area contributed by atoms with Gasteiger partial charge < -0.3 is 5.73 Å². The fourth-order valence-corrected chi connectivity index (χ4v) is 2.58. The fourth-order valence-electron chi connectivity index (χ4n) is 2.33. The van der Waals surface area contributed by atoms with Crippen LogP contribution in [0.15, 0.2) is 24.3 Å². The maximum absolute atomic E-state index is 6.29. The number of aryl methyl sites for hydroxylation is 3. The molecule has 102 valence electrons. The van der Waals surface area contributed by atoms with E-state index in [0.717, 1.165) is 17.7 Å². The van der Waals surface area contributed by atoms with Crippen molar-refractivity contribution in [1.29, 1.82) is 0 Å². The second-order valence-corrected chi connectivity index (χ2v) is 5.38. The number of nitrogens with two attached hydrogens (primary N) is 1. The molecule has 3 nitrogen and oxygen atoms in total. The van der Waals surface area contributed by atoms with E-state index in [4.69, 9.17) is 17.3 Å². The highest BCUT2D eigenvalue weighted by Crippen LogP contribution is 2.26. The van der Waals surface area contributed by atoms with E-state index in [0.29, 0.717) is 11.7 Å². The van der Waals surface area contributed by atoms with Gasteiger partial charge in [0.05, 0.1) is 5.69 Å². The zero-order chi connectivity index (χ0) is 14.0. The van der Waals surface area contributed by atoms with Crippen LogP contribution >= 0.6 is 11.6 Å². The first-order valence-electron chi connectivity index (χ1n) is 6.47. The maximum Gasteiger partial charge on any atom is 0.130 e. The van der Waals surface area contributed by atoms with E-state index in [-0.39, 0.29) is 5.92 Å². The van der Waals surface area contributed by atoms with Crippen molar-refractivity contribution in [3.05, 3.63) is 51.8 Å². The molecule has 0 saturated heterocycles. The highest BCUT2D eigenvalue weighted by molar-refractivity contribution is 6.30. The summed E-state index contributed by atoms with van der Waals surface area (Å²) in [6.45, 7) is 4.68. The van der Waals surface area contributed by atoms with E-state index in [1.165, 1.54) is 11.1 Å². The minimum absolute atomic E-state index is 0.279. The highest BCUT2D eigenvalue weighted by Gasteiger charge is 2.17. The van der Waals surface area contributed by atoms with Gasteiger partial charge in [-0.05, 0) is 32.4 Å². The van der Waals surface area contributed by atoms with Crippen molar-refractivity contribution in [3.63, 3.8) is 0 Å². The summed E-state index contributed by atoms with van der Waals surface area (Å²) >= 11 is 6.29. The van der Waals surface area contributed by atoms with Crippen molar-refractivity contribution < 1.29 is 0 Å². The molecule has 19 heavy (non-hydrogen) atoms. The van der Waals surface area contributed by atoms with Crippen molar-refractivity contribution in [2.24, 2.45) is 12.8 Å². The van der Waals surface area contributed by atoms with Gasteiger partial charge >= 0.3 is 0 Å². The van der Waals surface area contributed by atoms with E-state index in [1.54, 1.807) is 4.68 Å². The lowest BCUT2D eigenvalue weighted by Gasteiger charge is -2.15. The van der Waals surface area contributed by atoms with Gasteiger partial charge in [0.2, 0.25) is 0 Å². The van der Waals surface area contributed by atoms with Crippen LogP contribution in [0.25, 0.3) is 0 Å². The Morgan fingerprint density at radius 2 is 1.89 bits per heavy atom. The normalized spacial score (nSPS) is 12.7. The molecule has 2 aromatic rings. The molecule has 1 heterocycles. The van der Waals surface area contributed by atoms with Crippen molar-refractivity contribution in [3.8, 4) is 0 Å². The third kappa shape index (κ3) is 2.99. The van der Waals surface area contributed by atoms with Gasteiger partial charge in [-0.2, -0.15) is 5.10 Å². The molecule has 1 aromatic heterocycles. The van der Waals surface area contributed by atoms with Crippen LogP contribution in [0.2, 0.25) is 5.15 Å². The maximum atomic E-state index is 6.29. The Labute approximate surface area is 119 Å². The minimum atomic E-state index is 0.279. The summed E-state index contributed by atoms with van der Waals surface area (Å²) in [7, 11) is 1.86. The third-order valence-corrected chi connectivity index (χ3v) is 4.03. The minimum Gasteiger partial charge on any atom is -0.330 e. The molecule has 0 radical (unpaired) electrons. The second kappa shape index (κ2) is 5.76. The average Bonchev–Trinajstić information content (AvgIpc) is 2.63. The van der Waals surface area contributed by atoms with E-state index in [2.05, 4.69) is 36.3 Å². The summed E-state index contributed by atoms with van der Waals surface area (Å²) in [4.78, 5) is 0. The smallest absolute Gasteiger partial charge is 0.130 e. The predicted octanol–water partition coefficient (Wildman–Crippen LogP) is 2.98. The molecular weight excluding hydrogens is 258 g/mol.